The van der Waals surface area contributed by atoms with Crippen LogP contribution < -0.4 is 17.0 Å². The van der Waals surface area contributed by atoms with Gasteiger partial charge in [0.15, 0.2) is 0 Å². The van der Waals surface area contributed by atoms with Crippen LogP contribution in [0.15, 0.2) is 53.3 Å². The number of hydrogen-bond acceptors (Lipinski definition) is 5. The molecule has 0 radical (unpaired) electrons. The van der Waals surface area contributed by atoms with E-state index in [0.29, 0.717) is 16.4 Å². The molecule has 1 aromatic heterocycles. The Morgan fingerprint density at radius 1 is 1.00 bits per heavy atom. The number of rotatable bonds is 2. The van der Waals surface area contributed by atoms with Crippen molar-refractivity contribution in [1.29, 1.82) is 0 Å². The molecule has 110 valence electrons. The van der Waals surface area contributed by atoms with Gasteiger partial charge in [-0.05, 0) is 23.3 Å². The van der Waals surface area contributed by atoms with E-state index < -0.39 is 5.69 Å². The maximum absolute atomic E-state index is 11.2. The number of H-pyrrole nitrogens is 1. The minimum atomic E-state index is -0.544. The fourth-order valence-electron chi connectivity index (χ4n) is 1.89. The second kappa shape index (κ2) is 5.97. The predicted octanol–water partition coefficient (Wildman–Crippen LogP) is 2.44. The second-order valence-corrected chi connectivity index (χ2v) is 4.93. The number of nitrogens with two attached hydrogens (primary N) is 1. The quantitative estimate of drug-likeness (QED) is 0.390. The highest BCUT2D eigenvalue weighted by Crippen LogP contribution is 2.29. The average Bonchev–Trinajstić information content (AvgIpc) is 2.51. The summed E-state index contributed by atoms with van der Waals surface area (Å²) in [5.74, 6) is 5.50. The summed E-state index contributed by atoms with van der Waals surface area (Å²) in [6.45, 7) is 0. The van der Waals surface area contributed by atoms with Crippen molar-refractivity contribution in [2.45, 2.75) is 0 Å². The van der Waals surface area contributed by atoms with Crippen LogP contribution in [0.5, 0.6) is 0 Å². The Morgan fingerprint density at radius 2 is 1.64 bits per heavy atom. The van der Waals surface area contributed by atoms with Gasteiger partial charge in [0.2, 0.25) is 5.95 Å². The summed E-state index contributed by atoms with van der Waals surface area (Å²) in [5.41, 5.74) is 5.13. The van der Waals surface area contributed by atoms with Gasteiger partial charge in [0.05, 0.1) is 5.02 Å². The van der Waals surface area contributed by atoms with Crippen LogP contribution in [0.2, 0.25) is 5.02 Å². The molecule has 1 aromatic carbocycles. The minimum absolute atomic E-state index is 0.0404. The lowest BCUT2D eigenvalue weighted by Crippen LogP contribution is -2.19. The molecule has 0 saturated heterocycles. The molecule has 22 heavy (non-hydrogen) atoms. The van der Waals surface area contributed by atoms with Gasteiger partial charge >= 0.3 is 5.69 Å². The van der Waals surface area contributed by atoms with E-state index in [9.17, 15) is 4.79 Å². The van der Waals surface area contributed by atoms with Crippen LogP contribution in [0, 0.1) is 0 Å². The molecule has 7 heteroatoms. The summed E-state index contributed by atoms with van der Waals surface area (Å²) in [5, 5.41) is 0.486. The Labute approximate surface area is 131 Å². The molecule has 4 rings (SSSR count). The zero-order chi connectivity index (χ0) is 15.5. The Morgan fingerprint density at radius 3 is 2.14 bits per heavy atom. The van der Waals surface area contributed by atoms with Crippen molar-refractivity contribution >= 4 is 17.5 Å². The maximum Gasteiger partial charge on any atom is 0.349 e. The largest absolute Gasteiger partial charge is 0.349 e. The van der Waals surface area contributed by atoms with Gasteiger partial charge in [-0.3, -0.25) is 10.4 Å². The van der Waals surface area contributed by atoms with Crippen molar-refractivity contribution in [2.75, 3.05) is 5.43 Å². The molecule has 0 amide bonds. The SMILES string of the molecule is NNc1nc(-c2ccccc2Cl)[nH]c(=O)n1.c1cc2ccc1-2. The summed E-state index contributed by atoms with van der Waals surface area (Å²) in [6.07, 6.45) is 0. The number of nitrogen functional groups attached to an aromatic ring is 1. The molecule has 1 heterocycles. The molecule has 6 nitrogen and oxygen atoms in total. The normalized spacial score (nSPS) is 10.5. The summed E-state index contributed by atoms with van der Waals surface area (Å²) < 4.78 is 0. The van der Waals surface area contributed by atoms with Crippen LogP contribution in [-0.2, 0) is 0 Å². The average molecular weight is 314 g/mol. The van der Waals surface area contributed by atoms with E-state index in [1.54, 1.807) is 24.3 Å². The number of aromatic amines is 1. The smallest absolute Gasteiger partial charge is 0.292 e. The van der Waals surface area contributed by atoms with Crippen LogP contribution >= 0.6 is 11.6 Å². The summed E-state index contributed by atoms with van der Waals surface area (Å²) in [4.78, 5) is 21.2. The van der Waals surface area contributed by atoms with E-state index in [2.05, 4.69) is 44.6 Å². The Kier molecular flexibility index (Phi) is 3.86. The van der Waals surface area contributed by atoms with Crippen molar-refractivity contribution in [3.63, 3.8) is 0 Å². The standard InChI is InChI=1S/C9H8ClN5O.C6H4/c10-6-4-2-1-3-5(6)7-12-8(15-11)14-9(16)13-7;1-2-6-4-3-5(1)6/h1-4H,11H2,(H2,12,13,14,15,16);1-4H. The van der Waals surface area contributed by atoms with Gasteiger partial charge in [-0.25, -0.2) is 10.6 Å². The molecule has 0 spiro atoms. The molecule has 4 N–H and O–H groups in total. The summed E-state index contributed by atoms with van der Waals surface area (Å²) >= 11 is 5.97. The number of aromatic nitrogens is 3. The zero-order valence-corrected chi connectivity index (χ0v) is 12.1. The molecule has 0 unspecified atom stereocenters. The third-order valence-electron chi connectivity index (χ3n) is 3.13. The van der Waals surface area contributed by atoms with Crippen LogP contribution in [-0.4, -0.2) is 15.0 Å². The fourth-order valence-corrected chi connectivity index (χ4v) is 2.12. The summed E-state index contributed by atoms with van der Waals surface area (Å²) in [6, 6.07) is 15.5. The minimum Gasteiger partial charge on any atom is -0.292 e. The van der Waals surface area contributed by atoms with E-state index in [-0.39, 0.29) is 5.95 Å². The van der Waals surface area contributed by atoms with Gasteiger partial charge in [-0.1, -0.05) is 48.0 Å². The number of fused-ring (bicyclic) bond motifs is 1. The summed E-state index contributed by atoms with van der Waals surface area (Å²) in [7, 11) is 0. The lowest BCUT2D eigenvalue weighted by atomic mass is 9.95. The van der Waals surface area contributed by atoms with E-state index in [4.69, 9.17) is 17.4 Å². The van der Waals surface area contributed by atoms with Crippen molar-refractivity contribution in [2.24, 2.45) is 5.84 Å². The van der Waals surface area contributed by atoms with Gasteiger partial charge < -0.3 is 0 Å². The number of halogens is 1. The van der Waals surface area contributed by atoms with Crippen LogP contribution in [0.1, 0.15) is 0 Å². The molecule has 2 aliphatic carbocycles. The van der Waals surface area contributed by atoms with Gasteiger partial charge in [0.25, 0.3) is 0 Å². The zero-order valence-electron chi connectivity index (χ0n) is 11.4. The molecule has 0 aliphatic heterocycles. The first-order valence-electron chi connectivity index (χ1n) is 6.47. The number of nitrogens with one attached hydrogen (secondary N) is 2. The van der Waals surface area contributed by atoms with Crippen molar-refractivity contribution in [3.8, 4) is 22.5 Å². The van der Waals surface area contributed by atoms with E-state index in [0.717, 1.165) is 0 Å². The highest BCUT2D eigenvalue weighted by Gasteiger charge is 2.07. The van der Waals surface area contributed by atoms with Crippen molar-refractivity contribution < 1.29 is 0 Å². The predicted molar refractivity (Wildman–Crippen MR) is 86.3 cm³/mol. The Bertz CT molecular complexity index is 839. The van der Waals surface area contributed by atoms with Crippen molar-refractivity contribution in [3.05, 3.63) is 64.0 Å². The lowest BCUT2D eigenvalue weighted by molar-refractivity contribution is 0.985. The molecule has 2 aromatic rings. The molecule has 0 fully saturated rings. The third-order valence-corrected chi connectivity index (χ3v) is 3.46. The Hall–Kier alpha value is -2.70. The molecule has 2 aliphatic rings. The molecule has 0 saturated carbocycles. The second-order valence-electron chi connectivity index (χ2n) is 4.53. The monoisotopic (exact) mass is 313 g/mol. The van der Waals surface area contributed by atoms with Gasteiger partial charge in [-0.2, -0.15) is 9.97 Å². The first-order chi connectivity index (χ1) is 10.7. The molecular weight excluding hydrogens is 302 g/mol. The maximum atomic E-state index is 11.2. The molecule has 0 bridgehead atoms. The molecule has 0 atom stereocenters. The first kappa shape index (κ1) is 14.2. The van der Waals surface area contributed by atoms with E-state index in [1.165, 1.54) is 11.1 Å². The van der Waals surface area contributed by atoms with Crippen LogP contribution in [0.3, 0.4) is 0 Å². The topological polar surface area (TPSA) is 96.7 Å². The number of nitrogens with zero attached hydrogens (tertiary/aromatic N) is 2. The van der Waals surface area contributed by atoms with Gasteiger partial charge in [0, 0.05) is 5.56 Å². The number of anilines is 1. The Balaban J connectivity index is 0.000000196. The van der Waals surface area contributed by atoms with Crippen LogP contribution in [0.25, 0.3) is 22.5 Å². The fraction of sp³-hybridized carbons (Fsp3) is 0. The van der Waals surface area contributed by atoms with E-state index in [1.807, 2.05) is 0 Å². The third kappa shape index (κ3) is 2.83. The van der Waals surface area contributed by atoms with Crippen molar-refractivity contribution in [1.82, 2.24) is 15.0 Å². The van der Waals surface area contributed by atoms with Gasteiger partial charge in [0.1, 0.15) is 5.82 Å². The highest BCUT2D eigenvalue weighted by molar-refractivity contribution is 6.33. The van der Waals surface area contributed by atoms with Gasteiger partial charge in [-0.15, -0.1) is 0 Å². The number of benzene rings is 2. The number of hydrogen-bond donors (Lipinski definition) is 3. The molecular formula is C15H12ClN5O. The number of hydrazine groups is 1. The van der Waals surface area contributed by atoms with Crippen LogP contribution in [0.4, 0.5) is 5.95 Å². The van der Waals surface area contributed by atoms with E-state index >= 15 is 0 Å². The lowest BCUT2D eigenvalue weighted by Gasteiger charge is -2.10. The highest BCUT2D eigenvalue weighted by atomic mass is 35.5. The first-order valence-corrected chi connectivity index (χ1v) is 6.85.